The lowest BCUT2D eigenvalue weighted by Gasteiger charge is -2.36. The number of nitrogens with zero attached hydrogens (tertiary/aromatic N) is 1. The van der Waals surface area contributed by atoms with Gasteiger partial charge in [0.25, 0.3) is 5.91 Å². The van der Waals surface area contributed by atoms with E-state index in [0.29, 0.717) is 34.2 Å². The molecule has 0 saturated heterocycles. The van der Waals surface area contributed by atoms with Crippen molar-refractivity contribution in [3.05, 3.63) is 70.4 Å². The second kappa shape index (κ2) is 8.44. The van der Waals surface area contributed by atoms with Crippen molar-refractivity contribution in [2.75, 3.05) is 12.4 Å². The second-order valence-electron chi connectivity index (χ2n) is 7.58. The smallest absolute Gasteiger partial charge is 0.254 e. The van der Waals surface area contributed by atoms with Crippen LogP contribution in [0.25, 0.3) is 0 Å². The van der Waals surface area contributed by atoms with Crippen molar-refractivity contribution < 1.29 is 14.3 Å². The third kappa shape index (κ3) is 3.77. The molecule has 6 heteroatoms. The highest BCUT2D eigenvalue weighted by Crippen LogP contribution is 2.43. The number of allylic oxidation sites excluding steroid dienone is 1. The number of halogens is 1. The summed E-state index contributed by atoms with van der Waals surface area (Å²) in [7, 11) is 1.56. The molecule has 1 aliphatic heterocycles. The van der Waals surface area contributed by atoms with Crippen molar-refractivity contribution in [1.29, 1.82) is 0 Å². The standard InChI is InChI=1S/C24H23ClN2O3/c1-14-21(24(29)27-17-6-3-4-9-20(17)30-2)22(15-10-12-16(25)13-11-15)23-18(26-14)7-5-8-19(23)28/h3-4,6,9-13,22-23H,5,7-8H2,1-2H3,(H,27,29)/t22-,23+/m1/s1. The third-order valence-electron chi connectivity index (χ3n) is 5.74. The molecule has 2 atom stereocenters. The molecule has 0 unspecified atom stereocenters. The number of fused-ring (bicyclic) bond motifs is 1. The van der Waals surface area contributed by atoms with Crippen molar-refractivity contribution >= 4 is 34.7 Å². The van der Waals surface area contributed by atoms with Crippen LogP contribution in [0.15, 0.2) is 64.8 Å². The third-order valence-corrected chi connectivity index (χ3v) is 5.99. The van der Waals surface area contributed by atoms with E-state index in [2.05, 4.69) is 5.32 Å². The zero-order valence-electron chi connectivity index (χ0n) is 16.9. The molecule has 1 heterocycles. The summed E-state index contributed by atoms with van der Waals surface area (Å²) in [5.41, 5.74) is 3.48. The highest BCUT2D eigenvalue weighted by atomic mass is 35.5. The van der Waals surface area contributed by atoms with E-state index in [4.69, 9.17) is 21.3 Å². The number of nitrogens with one attached hydrogen (secondary N) is 1. The maximum Gasteiger partial charge on any atom is 0.254 e. The molecule has 1 aliphatic carbocycles. The van der Waals surface area contributed by atoms with E-state index >= 15 is 0 Å². The van der Waals surface area contributed by atoms with Gasteiger partial charge in [0.15, 0.2) is 0 Å². The van der Waals surface area contributed by atoms with Gasteiger partial charge in [0, 0.05) is 34.3 Å². The fraction of sp³-hybridized carbons (Fsp3) is 0.292. The van der Waals surface area contributed by atoms with Crippen LogP contribution in [0.4, 0.5) is 5.69 Å². The van der Waals surface area contributed by atoms with Crippen molar-refractivity contribution in [3.8, 4) is 5.75 Å². The van der Waals surface area contributed by atoms with Gasteiger partial charge in [-0.2, -0.15) is 0 Å². The molecule has 1 amide bonds. The predicted molar refractivity (Wildman–Crippen MR) is 118 cm³/mol. The fourth-order valence-corrected chi connectivity index (χ4v) is 4.51. The number of hydrogen-bond donors (Lipinski definition) is 1. The average molecular weight is 423 g/mol. The Labute approximate surface area is 180 Å². The van der Waals surface area contributed by atoms with Gasteiger partial charge in [-0.05, 0) is 49.6 Å². The Kier molecular flexibility index (Phi) is 5.73. The Morgan fingerprint density at radius 3 is 2.57 bits per heavy atom. The first-order valence-corrected chi connectivity index (χ1v) is 10.4. The van der Waals surface area contributed by atoms with Gasteiger partial charge in [-0.25, -0.2) is 0 Å². The molecule has 2 aliphatic rings. The van der Waals surface area contributed by atoms with E-state index in [-0.39, 0.29) is 11.7 Å². The van der Waals surface area contributed by atoms with Gasteiger partial charge in [0.05, 0.1) is 18.7 Å². The van der Waals surface area contributed by atoms with Gasteiger partial charge in [-0.1, -0.05) is 35.9 Å². The van der Waals surface area contributed by atoms with Crippen LogP contribution in [0, 0.1) is 5.92 Å². The van der Waals surface area contributed by atoms with Crippen LogP contribution in [0.1, 0.15) is 37.7 Å². The summed E-state index contributed by atoms with van der Waals surface area (Å²) in [6, 6.07) is 14.6. The number of aliphatic imine (C=N–C) groups is 1. The number of ether oxygens (including phenoxy) is 1. The largest absolute Gasteiger partial charge is 0.495 e. The molecule has 154 valence electrons. The van der Waals surface area contributed by atoms with Crippen LogP contribution >= 0.6 is 11.6 Å². The predicted octanol–water partition coefficient (Wildman–Crippen LogP) is 5.17. The van der Waals surface area contributed by atoms with E-state index in [1.165, 1.54) is 0 Å². The minimum atomic E-state index is -0.415. The highest BCUT2D eigenvalue weighted by molar-refractivity contribution is 6.30. The number of anilines is 1. The van der Waals surface area contributed by atoms with E-state index in [9.17, 15) is 9.59 Å². The zero-order chi connectivity index (χ0) is 21.3. The highest BCUT2D eigenvalue weighted by Gasteiger charge is 2.43. The first-order valence-electron chi connectivity index (χ1n) is 10.0. The minimum absolute atomic E-state index is 0.134. The molecule has 5 nitrogen and oxygen atoms in total. The lowest BCUT2D eigenvalue weighted by atomic mass is 9.69. The average Bonchev–Trinajstić information content (AvgIpc) is 2.74. The number of Topliss-reactive ketones (excluding diaryl/α,β-unsaturated/α-hetero) is 1. The molecular formula is C24H23ClN2O3. The normalized spacial score (nSPS) is 21.0. The van der Waals surface area contributed by atoms with Crippen LogP contribution in [0.2, 0.25) is 5.02 Å². The zero-order valence-corrected chi connectivity index (χ0v) is 17.7. The first-order chi connectivity index (χ1) is 14.5. The Morgan fingerprint density at radius 1 is 1.10 bits per heavy atom. The fourth-order valence-electron chi connectivity index (χ4n) is 4.38. The molecule has 1 N–H and O–H groups in total. The summed E-state index contributed by atoms with van der Waals surface area (Å²) in [5, 5.41) is 3.56. The quantitative estimate of drug-likeness (QED) is 0.739. The number of hydrogen-bond acceptors (Lipinski definition) is 4. The summed E-state index contributed by atoms with van der Waals surface area (Å²) in [6.07, 6.45) is 2.09. The maximum atomic E-state index is 13.4. The van der Waals surface area contributed by atoms with Gasteiger partial charge in [0.2, 0.25) is 0 Å². The molecule has 0 aromatic heterocycles. The molecule has 30 heavy (non-hydrogen) atoms. The number of benzene rings is 2. The summed E-state index contributed by atoms with van der Waals surface area (Å²) in [4.78, 5) is 31.1. The molecule has 1 fully saturated rings. The SMILES string of the molecule is COc1ccccc1NC(=O)C1=C(C)N=C2CCCC(=O)[C@H]2[C@@H]1c1ccc(Cl)cc1. The summed E-state index contributed by atoms with van der Waals surface area (Å²) < 4.78 is 5.36. The Bertz CT molecular complexity index is 1060. The molecule has 1 saturated carbocycles. The van der Waals surface area contributed by atoms with E-state index in [1.54, 1.807) is 31.4 Å². The lowest BCUT2D eigenvalue weighted by Crippen LogP contribution is -2.39. The number of methoxy groups -OCH3 is 1. The van der Waals surface area contributed by atoms with Gasteiger partial charge >= 0.3 is 0 Å². The van der Waals surface area contributed by atoms with Crippen LogP contribution in [-0.2, 0) is 9.59 Å². The topological polar surface area (TPSA) is 67.8 Å². The van der Waals surface area contributed by atoms with Crippen LogP contribution in [0.3, 0.4) is 0 Å². The summed E-state index contributed by atoms with van der Waals surface area (Å²) in [6.45, 7) is 1.84. The minimum Gasteiger partial charge on any atom is -0.495 e. The monoisotopic (exact) mass is 422 g/mol. The number of carbonyl (C=O) groups is 2. The van der Waals surface area contributed by atoms with Gasteiger partial charge in [-0.3, -0.25) is 14.6 Å². The van der Waals surface area contributed by atoms with Crippen molar-refractivity contribution in [2.24, 2.45) is 10.9 Å². The maximum absolute atomic E-state index is 13.4. The molecule has 0 radical (unpaired) electrons. The van der Waals surface area contributed by atoms with Gasteiger partial charge in [0.1, 0.15) is 11.5 Å². The Hall–Kier alpha value is -2.92. The number of ketones is 1. The van der Waals surface area contributed by atoms with Gasteiger partial charge < -0.3 is 10.1 Å². The molecule has 2 aromatic carbocycles. The summed E-state index contributed by atoms with van der Waals surface area (Å²) >= 11 is 6.09. The summed E-state index contributed by atoms with van der Waals surface area (Å²) in [5.74, 6) is -0.381. The van der Waals surface area contributed by atoms with Crippen molar-refractivity contribution in [3.63, 3.8) is 0 Å². The number of rotatable bonds is 4. The van der Waals surface area contributed by atoms with E-state index < -0.39 is 11.8 Å². The number of carbonyl (C=O) groups excluding carboxylic acids is 2. The van der Waals surface area contributed by atoms with Crippen LogP contribution in [-0.4, -0.2) is 24.5 Å². The molecule has 0 bridgehead atoms. The first kappa shape index (κ1) is 20.4. The van der Waals surface area contributed by atoms with E-state index in [0.717, 1.165) is 24.1 Å². The Morgan fingerprint density at radius 2 is 1.83 bits per heavy atom. The van der Waals surface area contributed by atoms with Crippen molar-refractivity contribution in [1.82, 2.24) is 0 Å². The molecule has 4 rings (SSSR count). The van der Waals surface area contributed by atoms with Crippen molar-refractivity contribution in [2.45, 2.75) is 32.1 Å². The second-order valence-corrected chi connectivity index (χ2v) is 8.02. The number of para-hydroxylation sites is 2. The van der Waals surface area contributed by atoms with Crippen LogP contribution in [0.5, 0.6) is 5.75 Å². The molecule has 2 aromatic rings. The lowest BCUT2D eigenvalue weighted by molar-refractivity contribution is -0.122. The molecule has 0 spiro atoms. The Balaban J connectivity index is 1.79. The molecular weight excluding hydrogens is 400 g/mol. The van der Waals surface area contributed by atoms with Gasteiger partial charge in [-0.15, -0.1) is 0 Å². The van der Waals surface area contributed by atoms with E-state index in [1.807, 2.05) is 31.2 Å². The number of amides is 1. The van der Waals surface area contributed by atoms with Crippen LogP contribution < -0.4 is 10.1 Å².